The Balaban J connectivity index is 2.07. The molecule has 0 spiro atoms. The molecule has 25 heavy (non-hydrogen) atoms. The predicted octanol–water partition coefficient (Wildman–Crippen LogP) is 1.98. The number of carbonyl (C=O) groups is 1. The first-order valence-electron chi connectivity index (χ1n) is 8.81. The van der Waals surface area contributed by atoms with Gasteiger partial charge >= 0.3 is 0 Å². The number of amides is 1. The molecule has 0 bridgehead atoms. The van der Waals surface area contributed by atoms with Gasteiger partial charge < -0.3 is 10.1 Å². The fourth-order valence-electron chi connectivity index (χ4n) is 2.75. The molecule has 3 atom stereocenters. The Kier molecular flexibility index (Phi) is 6.98. The summed E-state index contributed by atoms with van der Waals surface area (Å²) in [4.78, 5) is 12.7. The van der Waals surface area contributed by atoms with Crippen molar-refractivity contribution in [3.8, 4) is 0 Å². The maximum absolute atomic E-state index is 12.6. The van der Waals surface area contributed by atoms with Crippen LogP contribution < -0.4 is 10.0 Å². The maximum atomic E-state index is 12.6. The molecule has 1 fully saturated rings. The van der Waals surface area contributed by atoms with Gasteiger partial charge in [0.05, 0.1) is 11.0 Å². The van der Waals surface area contributed by atoms with Gasteiger partial charge in [0.25, 0.3) is 0 Å². The van der Waals surface area contributed by atoms with Crippen molar-refractivity contribution in [2.45, 2.75) is 57.1 Å². The Hall–Kier alpha value is -1.44. The lowest BCUT2D eigenvalue weighted by Gasteiger charge is -2.24. The molecule has 1 aliphatic heterocycles. The molecule has 0 saturated carbocycles. The van der Waals surface area contributed by atoms with Crippen molar-refractivity contribution in [3.05, 3.63) is 29.8 Å². The van der Waals surface area contributed by atoms with Crippen molar-refractivity contribution >= 4 is 15.9 Å². The lowest BCUT2D eigenvalue weighted by molar-refractivity contribution is -0.124. The Bertz CT molecular complexity index is 667. The fourth-order valence-corrected chi connectivity index (χ4v) is 4.05. The van der Waals surface area contributed by atoms with Crippen molar-refractivity contribution < 1.29 is 17.9 Å². The van der Waals surface area contributed by atoms with Gasteiger partial charge in [-0.1, -0.05) is 38.0 Å². The Labute approximate surface area is 150 Å². The van der Waals surface area contributed by atoms with Crippen LogP contribution in [0.2, 0.25) is 0 Å². The minimum atomic E-state index is -3.76. The summed E-state index contributed by atoms with van der Waals surface area (Å²) in [7, 11) is -3.76. The van der Waals surface area contributed by atoms with Crippen LogP contribution in [0.3, 0.4) is 0 Å². The van der Waals surface area contributed by atoms with Crippen LogP contribution in [0.15, 0.2) is 29.2 Å². The fraction of sp³-hybridized carbons (Fsp3) is 0.611. The minimum Gasteiger partial charge on any atom is -0.376 e. The summed E-state index contributed by atoms with van der Waals surface area (Å²) in [6, 6.07) is 5.78. The Morgan fingerprint density at radius 3 is 2.56 bits per heavy atom. The third-order valence-corrected chi connectivity index (χ3v) is 6.09. The summed E-state index contributed by atoms with van der Waals surface area (Å²) in [5, 5.41) is 2.83. The van der Waals surface area contributed by atoms with Gasteiger partial charge in [0.2, 0.25) is 15.9 Å². The normalized spacial score (nSPS) is 20.2. The number of nitrogens with one attached hydrogen (secondary N) is 2. The van der Waals surface area contributed by atoms with E-state index in [2.05, 4.69) is 10.0 Å². The van der Waals surface area contributed by atoms with E-state index in [9.17, 15) is 13.2 Å². The average Bonchev–Trinajstić information content (AvgIpc) is 3.11. The quantitative estimate of drug-likeness (QED) is 0.735. The zero-order chi connectivity index (χ0) is 18.4. The molecule has 1 aromatic rings. The molecular formula is C18H28N2O4S. The van der Waals surface area contributed by atoms with Crippen molar-refractivity contribution in [1.82, 2.24) is 10.0 Å². The van der Waals surface area contributed by atoms with Gasteiger partial charge in [0.15, 0.2) is 0 Å². The monoisotopic (exact) mass is 368 g/mol. The first-order valence-corrected chi connectivity index (χ1v) is 10.3. The summed E-state index contributed by atoms with van der Waals surface area (Å²) in [5.41, 5.74) is 0.978. The molecule has 1 amide bonds. The molecule has 0 unspecified atom stereocenters. The van der Waals surface area contributed by atoms with E-state index >= 15 is 0 Å². The van der Waals surface area contributed by atoms with Crippen LogP contribution in [0.5, 0.6) is 0 Å². The molecule has 140 valence electrons. The number of benzene rings is 1. The molecule has 1 saturated heterocycles. The first kappa shape index (κ1) is 19.9. The standard InChI is InChI=1S/C18H28N2O4S/c1-4-14(3)17(18(21)19-12-15-6-5-11-24-15)20-25(22,23)16-9-7-13(2)8-10-16/h7-10,14-15,17,20H,4-6,11-12H2,1-3H3,(H,19,21)/t14-,15+,17+/m0/s1. The van der Waals surface area contributed by atoms with E-state index in [1.54, 1.807) is 24.3 Å². The number of carbonyl (C=O) groups excluding carboxylic acids is 1. The van der Waals surface area contributed by atoms with E-state index in [0.29, 0.717) is 13.0 Å². The molecule has 0 radical (unpaired) electrons. The molecular weight excluding hydrogens is 340 g/mol. The molecule has 0 aliphatic carbocycles. The second-order valence-corrected chi connectivity index (χ2v) is 8.39. The van der Waals surface area contributed by atoms with Crippen molar-refractivity contribution in [2.75, 3.05) is 13.2 Å². The second kappa shape index (κ2) is 8.78. The molecule has 2 N–H and O–H groups in total. The average molecular weight is 368 g/mol. The summed E-state index contributed by atoms with van der Waals surface area (Å²) >= 11 is 0. The van der Waals surface area contributed by atoms with Crippen molar-refractivity contribution in [2.24, 2.45) is 5.92 Å². The molecule has 1 aromatic carbocycles. The van der Waals surface area contributed by atoms with Crippen molar-refractivity contribution in [1.29, 1.82) is 0 Å². The highest BCUT2D eigenvalue weighted by Crippen LogP contribution is 2.16. The van der Waals surface area contributed by atoms with E-state index < -0.39 is 16.1 Å². The third-order valence-electron chi connectivity index (χ3n) is 4.64. The number of rotatable bonds is 8. The molecule has 6 nitrogen and oxygen atoms in total. The van der Waals surface area contributed by atoms with Gasteiger partial charge in [-0.05, 0) is 37.8 Å². The van der Waals surface area contributed by atoms with E-state index in [1.165, 1.54) is 0 Å². The highest BCUT2D eigenvalue weighted by atomic mass is 32.2. The molecule has 1 aliphatic rings. The minimum absolute atomic E-state index is 0.0234. The van der Waals surface area contributed by atoms with Crippen LogP contribution in [0, 0.1) is 12.8 Å². The van der Waals surface area contributed by atoms with Crippen LogP contribution in [-0.2, 0) is 19.6 Å². The van der Waals surface area contributed by atoms with Crippen LogP contribution in [0.25, 0.3) is 0 Å². The first-order chi connectivity index (χ1) is 11.8. The van der Waals surface area contributed by atoms with E-state index in [4.69, 9.17) is 4.74 Å². The topological polar surface area (TPSA) is 84.5 Å². The molecule has 2 rings (SSSR count). The van der Waals surface area contributed by atoms with E-state index in [1.807, 2.05) is 20.8 Å². The summed E-state index contributed by atoms with van der Waals surface area (Å²) in [5.74, 6) is -0.426. The van der Waals surface area contributed by atoms with Gasteiger partial charge in [-0.2, -0.15) is 4.72 Å². The van der Waals surface area contributed by atoms with Gasteiger partial charge in [-0.15, -0.1) is 0 Å². The number of aryl methyl sites for hydroxylation is 1. The maximum Gasteiger partial charge on any atom is 0.241 e. The zero-order valence-electron chi connectivity index (χ0n) is 15.1. The highest BCUT2D eigenvalue weighted by Gasteiger charge is 2.30. The largest absolute Gasteiger partial charge is 0.376 e. The second-order valence-electron chi connectivity index (χ2n) is 6.68. The Morgan fingerprint density at radius 1 is 1.32 bits per heavy atom. The van der Waals surface area contributed by atoms with Gasteiger partial charge in [0.1, 0.15) is 6.04 Å². The third kappa shape index (κ3) is 5.52. The number of ether oxygens (including phenoxy) is 1. The molecule has 7 heteroatoms. The lowest BCUT2D eigenvalue weighted by atomic mass is 9.99. The SMILES string of the molecule is CC[C@H](C)[C@@H](NS(=O)(=O)c1ccc(C)cc1)C(=O)NC[C@H]1CCCO1. The number of hydrogen-bond donors (Lipinski definition) is 2. The zero-order valence-corrected chi connectivity index (χ0v) is 15.9. The summed E-state index contributed by atoms with van der Waals surface area (Å²) < 4.78 is 33.3. The van der Waals surface area contributed by atoms with Gasteiger partial charge in [0, 0.05) is 13.2 Å². The Morgan fingerprint density at radius 2 is 2.00 bits per heavy atom. The smallest absolute Gasteiger partial charge is 0.241 e. The van der Waals surface area contributed by atoms with E-state index in [0.717, 1.165) is 25.0 Å². The summed E-state index contributed by atoms with van der Waals surface area (Å²) in [6.45, 7) is 6.83. The van der Waals surface area contributed by atoms with Gasteiger partial charge in [-0.3, -0.25) is 4.79 Å². The van der Waals surface area contributed by atoms with E-state index in [-0.39, 0.29) is 22.8 Å². The number of hydrogen-bond acceptors (Lipinski definition) is 4. The van der Waals surface area contributed by atoms with Crippen molar-refractivity contribution in [3.63, 3.8) is 0 Å². The highest BCUT2D eigenvalue weighted by molar-refractivity contribution is 7.89. The summed E-state index contributed by atoms with van der Waals surface area (Å²) in [6.07, 6.45) is 2.63. The van der Waals surface area contributed by atoms with Crippen LogP contribution >= 0.6 is 0 Å². The van der Waals surface area contributed by atoms with Gasteiger partial charge in [-0.25, -0.2) is 8.42 Å². The van der Waals surface area contributed by atoms with Crippen LogP contribution in [0.1, 0.15) is 38.7 Å². The molecule has 0 aromatic heterocycles. The predicted molar refractivity (Wildman–Crippen MR) is 96.7 cm³/mol. The van der Waals surface area contributed by atoms with Crippen LogP contribution in [-0.4, -0.2) is 39.6 Å². The lowest BCUT2D eigenvalue weighted by Crippen LogP contribution is -2.51. The number of sulfonamides is 1. The molecule has 1 heterocycles. The van der Waals surface area contributed by atoms with Crippen LogP contribution in [0.4, 0.5) is 0 Å².